The van der Waals surface area contributed by atoms with Gasteiger partial charge in [0.25, 0.3) is 0 Å². The highest BCUT2D eigenvalue weighted by molar-refractivity contribution is 7.15. The van der Waals surface area contributed by atoms with Gasteiger partial charge in [0.1, 0.15) is 17.5 Å². The fourth-order valence-corrected chi connectivity index (χ4v) is 4.47. The highest BCUT2D eigenvalue weighted by atomic mass is 32.1. The molecular weight excluding hydrogens is 386 g/mol. The molecule has 4 rings (SSSR count). The number of carbonyl (C=O) groups is 1. The van der Waals surface area contributed by atoms with E-state index in [1.54, 1.807) is 0 Å². The van der Waals surface area contributed by atoms with Crippen LogP contribution in [0, 0.1) is 0 Å². The lowest BCUT2D eigenvalue weighted by molar-refractivity contribution is -0.117. The van der Waals surface area contributed by atoms with Crippen molar-refractivity contribution in [2.45, 2.75) is 26.1 Å². The first-order chi connectivity index (χ1) is 14.1. The van der Waals surface area contributed by atoms with Crippen LogP contribution >= 0.6 is 11.3 Å². The Morgan fingerprint density at radius 3 is 2.86 bits per heavy atom. The van der Waals surface area contributed by atoms with E-state index in [0.717, 1.165) is 32.2 Å². The maximum Gasteiger partial charge on any atom is 0.222 e. The molecule has 0 saturated heterocycles. The summed E-state index contributed by atoms with van der Waals surface area (Å²) < 4.78 is 8.22. The van der Waals surface area contributed by atoms with Crippen molar-refractivity contribution in [3.05, 3.63) is 76.9 Å². The zero-order chi connectivity index (χ0) is 20.4. The maximum atomic E-state index is 11.6. The van der Waals surface area contributed by atoms with Gasteiger partial charge in [0.15, 0.2) is 0 Å². The van der Waals surface area contributed by atoms with Gasteiger partial charge in [-0.1, -0.05) is 30.3 Å². The topological polar surface area (TPSA) is 89.9 Å². The number of carbonyl (C=O) groups excluding carboxylic acids is 1. The van der Waals surface area contributed by atoms with Crippen molar-refractivity contribution < 1.29 is 14.6 Å². The second-order valence-electron chi connectivity index (χ2n) is 6.73. The van der Waals surface area contributed by atoms with Crippen molar-refractivity contribution in [1.29, 1.82) is 0 Å². The van der Waals surface area contributed by atoms with Crippen LogP contribution in [0.15, 0.2) is 60.9 Å². The average Bonchev–Trinajstić information content (AvgIpc) is 3.31. The van der Waals surface area contributed by atoms with Crippen LogP contribution < -0.4 is 10.5 Å². The molecule has 4 aromatic rings. The summed E-state index contributed by atoms with van der Waals surface area (Å²) >= 11 is 1.47. The molecule has 0 fully saturated rings. The van der Waals surface area contributed by atoms with Crippen molar-refractivity contribution in [2.75, 3.05) is 0 Å². The minimum absolute atomic E-state index is 0.0608. The molecule has 1 amide bonds. The van der Waals surface area contributed by atoms with Crippen LogP contribution in [0.5, 0.6) is 5.75 Å². The number of aliphatic hydroxyl groups is 1. The number of ether oxygens (including phenoxy) is 1. The van der Waals surface area contributed by atoms with Crippen molar-refractivity contribution in [3.8, 4) is 16.3 Å². The standard InChI is InChI=1S/C22H21N3O3S/c1-14(16-7-3-2-6-15(16)13-26)28-18-10-19(29-20(18)11-21(23)27)17-12-24-22-8-4-5-9-25(17)22/h2-10,12,14,26H,11,13H2,1H3,(H2,23,27)/t14-/m1/s1. The molecule has 0 aliphatic heterocycles. The number of nitrogens with two attached hydrogens (primary N) is 1. The number of hydrogen-bond acceptors (Lipinski definition) is 5. The molecule has 0 aliphatic carbocycles. The smallest absolute Gasteiger partial charge is 0.222 e. The third-order valence-electron chi connectivity index (χ3n) is 4.74. The number of thiophene rings is 1. The van der Waals surface area contributed by atoms with E-state index in [-0.39, 0.29) is 19.1 Å². The van der Waals surface area contributed by atoms with Gasteiger partial charge in [-0.25, -0.2) is 4.98 Å². The number of rotatable bonds is 7. The SMILES string of the molecule is C[C@@H](Oc1cc(-c2cnc3ccccn23)sc1CC(N)=O)c1ccccc1CO. The van der Waals surface area contributed by atoms with Gasteiger partial charge in [-0.15, -0.1) is 11.3 Å². The Morgan fingerprint density at radius 2 is 2.07 bits per heavy atom. The lowest BCUT2D eigenvalue weighted by atomic mass is 10.0. The van der Waals surface area contributed by atoms with Crippen LogP contribution in [-0.2, 0) is 17.8 Å². The van der Waals surface area contributed by atoms with Gasteiger partial charge in [0.05, 0.1) is 34.7 Å². The number of primary amides is 1. The van der Waals surface area contributed by atoms with E-state index in [4.69, 9.17) is 10.5 Å². The molecular formula is C22H21N3O3S. The number of imidazole rings is 1. The maximum absolute atomic E-state index is 11.6. The minimum Gasteiger partial charge on any atom is -0.485 e. The first kappa shape index (κ1) is 19.2. The van der Waals surface area contributed by atoms with E-state index in [9.17, 15) is 9.90 Å². The predicted octanol–water partition coefficient (Wildman–Crippen LogP) is 3.72. The normalized spacial score (nSPS) is 12.2. The van der Waals surface area contributed by atoms with E-state index < -0.39 is 5.91 Å². The fraction of sp³-hybridized carbons (Fsp3) is 0.182. The first-order valence-corrected chi connectivity index (χ1v) is 10.1. The van der Waals surface area contributed by atoms with Crippen molar-refractivity contribution in [3.63, 3.8) is 0 Å². The molecule has 0 aliphatic rings. The van der Waals surface area contributed by atoms with Crippen LogP contribution in [0.3, 0.4) is 0 Å². The Morgan fingerprint density at radius 1 is 1.28 bits per heavy atom. The number of hydrogen-bond donors (Lipinski definition) is 2. The van der Waals surface area contributed by atoms with Gasteiger partial charge in [-0.3, -0.25) is 9.20 Å². The van der Waals surface area contributed by atoms with Crippen molar-refractivity contribution >= 4 is 22.9 Å². The Bertz CT molecular complexity index is 1170. The average molecular weight is 407 g/mol. The van der Waals surface area contributed by atoms with E-state index in [1.165, 1.54) is 11.3 Å². The van der Waals surface area contributed by atoms with Gasteiger partial charge in [0, 0.05) is 12.3 Å². The predicted molar refractivity (Wildman–Crippen MR) is 113 cm³/mol. The Balaban J connectivity index is 1.71. The second-order valence-corrected chi connectivity index (χ2v) is 7.87. The number of amides is 1. The van der Waals surface area contributed by atoms with Gasteiger partial charge < -0.3 is 15.6 Å². The van der Waals surface area contributed by atoms with Gasteiger partial charge in [-0.05, 0) is 30.2 Å². The molecule has 29 heavy (non-hydrogen) atoms. The van der Waals surface area contributed by atoms with Crippen LogP contribution in [0.4, 0.5) is 0 Å². The van der Waals surface area contributed by atoms with E-state index in [2.05, 4.69) is 4.98 Å². The number of fused-ring (bicyclic) bond motifs is 1. The summed E-state index contributed by atoms with van der Waals surface area (Å²) in [6.07, 6.45) is 3.56. The zero-order valence-electron chi connectivity index (χ0n) is 15.9. The summed E-state index contributed by atoms with van der Waals surface area (Å²) in [6, 6.07) is 15.3. The first-order valence-electron chi connectivity index (χ1n) is 9.25. The van der Waals surface area contributed by atoms with Gasteiger partial charge >= 0.3 is 0 Å². The van der Waals surface area contributed by atoms with Crippen LogP contribution in [-0.4, -0.2) is 20.4 Å². The molecule has 3 heterocycles. The fourth-order valence-electron chi connectivity index (χ4n) is 3.36. The molecule has 7 heteroatoms. The molecule has 1 aromatic carbocycles. The lowest BCUT2D eigenvalue weighted by Crippen LogP contribution is -2.14. The molecule has 0 spiro atoms. The third kappa shape index (κ3) is 3.87. The Kier molecular flexibility index (Phi) is 5.33. The number of aromatic nitrogens is 2. The highest BCUT2D eigenvalue weighted by Crippen LogP contribution is 2.39. The van der Waals surface area contributed by atoms with Crippen LogP contribution in [0.2, 0.25) is 0 Å². The minimum atomic E-state index is -0.412. The van der Waals surface area contributed by atoms with Gasteiger partial charge in [-0.2, -0.15) is 0 Å². The van der Waals surface area contributed by atoms with Gasteiger partial charge in [0.2, 0.25) is 5.91 Å². The third-order valence-corrected chi connectivity index (χ3v) is 5.88. The molecule has 3 N–H and O–H groups in total. The molecule has 1 atom stereocenters. The molecule has 0 radical (unpaired) electrons. The largest absolute Gasteiger partial charge is 0.485 e. The van der Waals surface area contributed by atoms with Crippen LogP contribution in [0.1, 0.15) is 29.0 Å². The Labute approximate surface area is 172 Å². The number of benzene rings is 1. The van der Waals surface area contributed by atoms with Crippen LogP contribution in [0.25, 0.3) is 16.2 Å². The highest BCUT2D eigenvalue weighted by Gasteiger charge is 2.19. The molecule has 0 bridgehead atoms. The lowest BCUT2D eigenvalue weighted by Gasteiger charge is -2.17. The number of nitrogens with zero attached hydrogens (tertiary/aromatic N) is 2. The zero-order valence-corrected chi connectivity index (χ0v) is 16.7. The number of aliphatic hydroxyl groups excluding tert-OH is 1. The molecule has 0 unspecified atom stereocenters. The van der Waals surface area contributed by atoms with E-state index in [0.29, 0.717) is 5.75 Å². The van der Waals surface area contributed by atoms with Crippen molar-refractivity contribution in [2.24, 2.45) is 5.73 Å². The summed E-state index contributed by atoms with van der Waals surface area (Å²) in [5, 5.41) is 9.61. The van der Waals surface area contributed by atoms with E-state index >= 15 is 0 Å². The van der Waals surface area contributed by atoms with E-state index in [1.807, 2.05) is 72.2 Å². The summed E-state index contributed by atoms with van der Waals surface area (Å²) in [6.45, 7) is 1.86. The summed E-state index contributed by atoms with van der Waals surface area (Å²) in [5.74, 6) is 0.208. The van der Waals surface area contributed by atoms with Crippen molar-refractivity contribution in [1.82, 2.24) is 9.38 Å². The molecule has 6 nitrogen and oxygen atoms in total. The Hall–Kier alpha value is -3.16. The summed E-state index contributed by atoms with van der Waals surface area (Å²) in [5.41, 5.74) is 8.95. The quantitative estimate of drug-likeness (QED) is 0.489. The molecule has 3 aromatic heterocycles. The monoisotopic (exact) mass is 407 g/mol. The summed E-state index contributed by atoms with van der Waals surface area (Å²) in [4.78, 5) is 17.8. The molecule has 0 saturated carbocycles. The molecule has 148 valence electrons. The number of pyridine rings is 1. The summed E-state index contributed by atoms with van der Waals surface area (Å²) in [7, 11) is 0. The second kappa shape index (κ2) is 8.06.